The van der Waals surface area contributed by atoms with Gasteiger partial charge in [-0.25, -0.2) is 0 Å². The second kappa shape index (κ2) is 4.95. The van der Waals surface area contributed by atoms with Gasteiger partial charge in [-0.05, 0) is 30.3 Å². The van der Waals surface area contributed by atoms with E-state index in [1.807, 2.05) is 0 Å². The first-order valence-corrected chi connectivity index (χ1v) is 6.14. The summed E-state index contributed by atoms with van der Waals surface area (Å²) < 4.78 is 0. The van der Waals surface area contributed by atoms with Gasteiger partial charge >= 0.3 is 0 Å². The standard InChI is InChI=1S/C12H6Cl4O/c13-6-1-2-8(14)7(5-6)11-9(15)3-4-10(16)12(11)17/h1-5,17H. The van der Waals surface area contributed by atoms with Gasteiger partial charge in [0.15, 0.2) is 0 Å². The van der Waals surface area contributed by atoms with E-state index in [0.29, 0.717) is 26.2 Å². The Morgan fingerprint density at radius 2 is 1.35 bits per heavy atom. The van der Waals surface area contributed by atoms with Crippen molar-refractivity contribution in [3.05, 3.63) is 50.4 Å². The van der Waals surface area contributed by atoms with Crippen LogP contribution in [0.1, 0.15) is 0 Å². The van der Waals surface area contributed by atoms with E-state index in [4.69, 9.17) is 46.4 Å². The Morgan fingerprint density at radius 1 is 0.765 bits per heavy atom. The second-order valence-corrected chi connectivity index (χ2v) is 5.04. The zero-order valence-corrected chi connectivity index (χ0v) is 11.4. The van der Waals surface area contributed by atoms with E-state index in [1.165, 1.54) is 6.07 Å². The van der Waals surface area contributed by atoms with E-state index in [-0.39, 0.29) is 10.8 Å². The highest BCUT2D eigenvalue weighted by Gasteiger charge is 2.15. The third-order valence-corrected chi connectivity index (χ3v) is 3.46. The molecule has 2 aromatic carbocycles. The van der Waals surface area contributed by atoms with Gasteiger partial charge in [0.1, 0.15) is 5.75 Å². The molecular formula is C12H6Cl4O. The minimum Gasteiger partial charge on any atom is -0.506 e. The molecule has 5 heteroatoms. The highest BCUT2D eigenvalue weighted by atomic mass is 35.5. The van der Waals surface area contributed by atoms with Gasteiger partial charge in [-0.15, -0.1) is 0 Å². The number of halogens is 4. The highest BCUT2D eigenvalue weighted by molar-refractivity contribution is 6.39. The van der Waals surface area contributed by atoms with Crippen LogP contribution in [0.15, 0.2) is 30.3 Å². The van der Waals surface area contributed by atoms with Gasteiger partial charge in [0.05, 0.1) is 10.0 Å². The molecule has 0 spiro atoms. The molecule has 0 fully saturated rings. The summed E-state index contributed by atoms with van der Waals surface area (Å²) in [5.41, 5.74) is 0.927. The zero-order valence-electron chi connectivity index (χ0n) is 8.35. The molecule has 1 nitrogen and oxygen atoms in total. The zero-order chi connectivity index (χ0) is 12.6. The van der Waals surface area contributed by atoms with Crippen LogP contribution in [0.25, 0.3) is 11.1 Å². The number of phenolic OH excluding ortho intramolecular Hbond substituents is 1. The fourth-order valence-electron chi connectivity index (χ4n) is 1.49. The summed E-state index contributed by atoms with van der Waals surface area (Å²) >= 11 is 23.8. The molecule has 0 aliphatic rings. The van der Waals surface area contributed by atoms with Crippen LogP contribution in [0, 0.1) is 0 Å². The predicted octanol–water partition coefficient (Wildman–Crippen LogP) is 5.67. The molecule has 17 heavy (non-hydrogen) atoms. The number of aromatic hydroxyl groups is 1. The lowest BCUT2D eigenvalue weighted by molar-refractivity contribution is 0.477. The average Bonchev–Trinajstić information content (AvgIpc) is 2.29. The summed E-state index contributed by atoms with van der Waals surface area (Å²) in [5, 5.41) is 11.4. The summed E-state index contributed by atoms with van der Waals surface area (Å²) in [6, 6.07) is 8.03. The number of hydrogen-bond donors (Lipinski definition) is 1. The Morgan fingerprint density at radius 3 is 2.06 bits per heavy atom. The molecule has 0 aliphatic carbocycles. The van der Waals surface area contributed by atoms with Crippen LogP contribution in [0.4, 0.5) is 0 Å². The normalized spacial score (nSPS) is 10.6. The third-order valence-electron chi connectivity index (χ3n) is 2.28. The van der Waals surface area contributed by atoms with E-state index in [2.05, 4.69) is 0 Å². The molecule has 0 aliphatic heterocycles. The van der Waals surface area contributed by atoms with Crippen LogP contribution in [0.5, 0.6) is 5.75 Å². The number of phenols is 1. The summed E-state index contributed by atoms with van der Waals surface area (Å²) in [6.07, 6.45) is 0. The first kappa shape index (κ1) is 12.8. The lowest BCUT2D eigenvalue weighted by Gasteiger charge is -2.10. The molecule has 0 radical (unpaired) electrons. The van der Waals surface area contributed by atoms with Gasteiger partial charge in [-0.2, -0.15) is 0 Å². The Hall–Kier alpha value is -0.600. The van der Waals surface area contributed by atoms with E-state index < -0.39 is 0 Å². The minimum absolute atomic E-state index is 0.108. The maximum absolute atomic E-state index is 9.93. The lowest BCUT2D eigenvalue weighted by Crippen LogP contribution is -1.84. The molecule has 0 aromatic heterocycles. The summed E-state index contributed by atoms with van der Waals surface area (Å²) in [5.74, 6) is -0.108. The van der Waals surface area contributed by atoms with Crippen molar-refractivity contribution in [2.24, 2.45) is 0 Å². The van der Waals surface area contributed by atoms with Crippen LogP contribution < -0.4 is 0 Å². The van der Waals surface area contributed by atoms with Gasteiger partial charge in [0.25, 0.3) is 0 Å². The number of benzene rings is 2. The van der Waals surface area contributed by atoms with E-state index in [0.717, 1.165) is 0 Å². The smallest absolute Gasteiger partial charge is 0.143 e. The molecule has 0 bridgehead atoms. The lowest BCUT2D eigenvalue weighted by atomic mass is 10.0. The van der Waals surface area contributed by atoms with Gasteiger partial charge in [-0.1, -0.05) is 46.4 Å². The van der Waals surface area contributed by atoms with Crippen LogP contribution in [-0.2, 0) is 0 Å². The Bertz CT molecular complexity index is 581. The molecule has 0 saturated heterocycles. The fraction of sp³-hybridized carbons (Fsp3) is 0. The van der Waals surface area contributed by atoms with Gasteiger partial charge < -0.3 is 5.11 Å². The first-order chi connectivity index (χ1) is 8.00. The van der Waals surface area contributed by atoms with Crippen molar-refractivity contribution < 1.29 is 5.11 Å². The average molecular weight is 308 g/mol. The molecule has 0 amide bonds. The van der Waals surface area contributed by atoms with Crippen molar-refractivity contribution in [3.63, 3.8) is 0 Å². The van der Waals surface area contributed by atoms with Gasteiger partial charge in [0.2, 0.25) is 0 Å². The molecule has 2 aromatic rings. The summed E-state index contributed by atoms with van der Waals surface area (Å²) in [4.78, 5) is 0. The van der Waals surface area contributed by atoms with Crippen molar-refractivity contribution in [2.75, 3.05) is 0 Å². The second-order valence-electron chi connectivity index (χ2n) is 3.38. The maximum atomic E-state index is 9.93. The van der Waals surface area contributed by atoms with Crippen molar-refractivity contribution >= 4 is 46.4 Å². The molecule has 0 saturated carbocycles. The molecule has 0 unspecified atom stereocenters. The van der Waals surface area contributed by atoms with Gasteiger partial charge in [0, 0.05) is 21.2 Å². The van der Waals surface area contributed by atoms with E-state index in [1.54, 1.807) is 24.3 Å². The number of rotatable bonds is 1. The Labute approximate surface area is 118 Å². The SMILES string of the molecule is Oc1c(Cl)ccc(Cl)c1-c1cc(Cl)ccc1Cl. The third kappa shape index (κ3) is 2.48. The fourth-order valence-corrected chi connectivity index (χ4v) is 2.28. The predicted molar refractivity (Wildman–Crippen MR) is 73.6 cm³/mol. The van der Waals surface area contributed by atoms with Crippen molar-refractivity contribution in [2.45, 2.75) is 0 Å². The summed E-state index contributed by atoms with van der Waals surface area (Å²) in [7, 11) is 0. The monoisotopic (exact) mass is 306 g/mol. The van der Waals surface area contributed by atoms with Gasteiger partial charge in [-0.3, -0.25) is 0 Å². The summed E-state index contributed by atoms with van der Waals surface area (Å²) in [6.45, 7) is 0. The van der Waals surface area contributed by atoms with E-state index >= 15 is 0 Å². The largest absolute Gasteiger partial charge is 0.506 e. The quantitative estimate of drug-likeness (QED) is 0.719. The van der Waals surface area contributed by atoms with E-state index in [9.17, 15) is 5.11 Å². The Balaban J connectivity index is 2.76. The Kier molecular flexibility index (Phi) is 3.74. The highest BCUT2D eigenvalue weighted by Crippen LogP contribution is 2.43. The molecule has 0 heterocycles. The molecule has 0 atom stereocenters. The van der Waals surface area contributed by atoms with Crippen molar-refractivity contribution in [1.82, 2.24) is 0 Å². The van der Waals surface area contributed by atoms with Crippen LogP contribution >= 0.6 is 46.4 Å². The van der Waals surface area contributed by atoms with Crippen molar-refractivity contribution in [3.8, 4) is 16.9 Å². The molecule has 88 valence electrons. The number of hydrogen-bond acceptors (Lipinski definition) is 1. The van der Waals surface area contributed by atoms with Crippen LogP contribution in [0.3, 0.4) is 0 Å². The molecule has 2 rings (SSSR count). The maximum Gasteiger partial charge on any atom is 0.143 e. The molecular weight excluding hydrogens is 302 g/mol. The topological polar surface area (TPSA) is 20.2 Å². The minimum atomic E-state index is -0.108. The molecule has 1 N–H and O–H groups in total. The van der Waals surface area contributed by atoms with Crippen molar-refractivity contribution in [1.29, 1.82) is 0 Å². The first-order valence-electron chi connectivity index (χ1n) is 4.63. The van der Waals surface area contributed by atoms with Crippen LogP contribution in [0.2, 0.25) is 20.1 Å². The van der Waals surface area contributed by atoms with Crippen LogP contribution in [-0.4, -0.2) is 5.11 Å².